The number of ether oxygens (including phenoxy) is 1. The van der Waals surface area contributed by atoms with E-state index >= 15 is 0 Å². The van der Waals surface area contributed by atoms with Crippen molar-refractivity contribution in [3.8, 4) is 0 Å². The average molecular weight is 322 g/mol. The number of aromatic nitrogens is 2. The first-order valence-electron chi connectivity index (χ1n) is 8.40. The number of β-amino-alcohol motifs (C(OH)–C–C–N with tert-alkyl or cyclic N) is 1. The highest BCUT2D eigenvalue weighted by atomic mass is 16.5. The van der Waals surface area contributed by atoms with E-state index in [-0.39, 0.29) is 5.60 Å². The third kappa shape index (κ3) is 6.05. The van der Waals surface area contributed by atoms with E-state index in [1.54, 1.807) is 6.20 Å². The Morgan fingerprint density at radius 3 is 2.65 bits per heavy atom. The van der Waals surface area contributed by atoms with Crippen LogP contribution in [0, 0.1) is 0 Å². The Morgan fingerprint density at radius 1 is 1.39 bits per heavy atom. The van der Waals surface area contributed by atoms with Gasteiger partial charge in [0.15, 0.2) is 5.82 Å². The molecule has 0 radical (unpaired) electrons. The first kappa shape index (κ1) is 18.1. The summed E-state index contributed by atoms with van der Waals surface area (Å²) in [5, 5.41) is 18.2. The number of aliphatic hydroxyl groups is 1. The van der Waals surface area contributed by atoms with Crippen molar-refractivity contribution in [1.82, 2.24) is 15.1 Å². The summed E-state index contributed by atoms with van der Waals surface area (Å²) >= 11 is 0. The van der Waals surface area contributed by atoms with Gasteiger partial charge in [-0.2, -0.15) is 5.10 Å². The van der Waals surface area contributed by atoms with Crippen molar-refractivity contribution in [2.24, 2.45) is 0 Å². The van der Waals surface area contributed by atoms with E-state index in [0.717, 1.165) is 31.7 Å². The molecule has 0 amide bonds. The average Bonchev–Trinajstić information content (AvgIpc) is 2.53. The minimum atomic E-state index is -0.427. The summed E-state index contributed by atoms with van der Waals surface area (Å²) in [6, 6.07) is 4.39. The first-order valence-corrected chi connectivity index (χ1v) is 8.40. The van der Waals surface area contributed by atoms with E-state index in [2.05, 4.69) is 27.0 Å². The number of anilines is 1. The maximum atomic E-state index is 10.1. The Morgan fingerprint density at radius 2 is 2.09 bits per heavy atom. The van der Waals surface area contributed by atoms with Crippen LogP contribution in [0.4, 0.5) is 5.82 Å². The summed E-state index contributed by atoms with van der Waals surface area (Å²) in [6.45, 7) is 9.07. The van der Waals surface area contributed by atoms with Gasteiger partial charge < -0.3 is 19.6 Å². The molecular weight excluding hydrogens is 292 g/mol. The van der Waals surface area contributed by atoms with Crippen LogP contribution in [0.5, 0.6) is 0 Å². The lowest BCUT2D eigenvalue weighted by molar-refractivity contribution is -0.0573. The summed E-state index contributed by atoms with van der Waals surface area (Å²) in [7, 11) is 2.08. The number of likely N-dealkylation sites (tertiary alicyclic amines) is 1. The summed E-state index contributed by atoms with van der Waals surface area (Å²) in [5.74, 6) is 0.921. The van der Waals surface area contributed by atoms with E-state index in [0.29, 0.717) is 19.2 Å². The van der Waals surface area contributed by atoms with E-state index < -0.39 is 6.10 Å². The van der Waals surface area contributed by atoms with Crippen molar-refractivity contribution < 1.29 is 9.84 Å². The number of piperidine rings is 1. The van der Waals surface area contributed by atoms with Crippen LogP contribution < -0.4 is 4.90 Å². The Bertz CT molecular complexity index is 455. The Labute approximate surface area is 139 Å². The number of rotatable bonds is 6. The van der Waals surface area contributed by atoms with Crippen LogP contribution in [0.2, 0.25) is 0 Å². The number of nitrogens with zero attached hydrogens (tertiary/aromatic N) is 4. The minimum absolute atomic E-state index is 0.201. The molecule has 1 N–H and O–H groups in total. The minimum Gasteiger partial charge on any atom is -0.389 e. The lowest BCUT2D eigenvalue weighted by Gasteiger charge is -2.37. The van der Waals surface area contributed by atoms with Crippen LogP contribution in [0.1, 0.15) is 33.6 Å². The highest BCUT2D eigenvalue weighted by Crippen LogP contribution is 2.20. The molecule has 1 aliphatic rings. The molecule has 6 heteroatoms. The lowest BCUT2D eigenvalue weighted by atomic mass is 10.0. The third-order valence-electron chi connectivity index (χ3n) is 4.20. The zero-order valence-corrected chi connectivity index (χ0v) is 14.8. The molecular formula is C17H30N4O2. The molecule has 1 saturated heterocycles. The van der Waals surface area contributed by atoms with Gasteiger partial charge in [-0.15, -0.1) is 5.10 Å². The van der Waals surface area contributed by atoms with Gasteiger partial charge in [-0.1, -0.05) is 0 Å². The van der Waals surface area contributed by atoms with Crippen LogP contribution in [0.3, 0.4) is 0 Å². The zero-order chi connectivity index (χ0) is 16.9. The molecule has 2 rings (SSSR count). The molecule has 1 aliphatic heterocycles. The fourth-order valence-corrected chi connectivity index (χ4v) is 2.85. The molecule has 6 nitrogen and oxygen atoms in total. The topological polar surface area (TPSA) is 61.7 Å². The molecule has 1 atom stereocenters. The summed E-state index contributed by atoms with van der Waals surface area (Å²) < 4.78 is 5.65. The van der Waals surface area contributed by atoms with E-state index in [4.69, 9.17) is 4.74 Å². The fraction of sp³-hybridized carbons (Fsp3) is 0.765. The molecule has 2 heterocycles. The Balaban J connectivity index is 1.73. The Hall–Kier alpha value is -1.24. The first-order chi connectivity index (χ1) is 10.8. The van der Waals surface area contributed by atoms with E-state index in [9.17, 15) is 5.11 Å². The van der Waals surface area contributed by atoms with Gasteiger partial charge in [0.1, 0.15) is 0 Å². The predicted molar refractivity (Wildman–Crippen MR) is 91.6 cm³/mol. The van der Waals surface area contributed by atoms with Crippen LogP contribution >= 0.6 is 0 Å². The molecule has 1 fully saturated rings. The molecule has 0 aromatic carbocycles. The van der Waals surface area contributed by atoms with Crippen LogP contribution in [-0.2, 0) is 4.74 Å². The van der Waals surface area contributed by atoms with Gasteiger partial charge >= 0.3 is 0 Å². The van der Waals surface area contributed by atoms with Gasteiger partial charge in [0.25, 0.3) is 0 Å². The van der Waals surface area contributed by atoms with Crippen molar-refractivity contribution in [1.29, 1.82) is 0 Å². The molecule has 1 aromatic rings. The van der Waals surface area contributed by atoms with Gasteiger partial charge in [0.05, 0.1) is 18.3 Å². The Kier molecular flexibility index (Phi) is 6.33. The van der Waals surface area contributed by atoms with Gasteiger partial charge in [-0.25, -0.2) is 0 Å². The molecule has 1 aromatic heterocycles. The second-order valence-corrected chi connectivity index (χ2v) is 7.30. The number of aliphatic hydroxyl groups excluding tert-OH is 1. The fourth-order valence-electron chi connectivity index (χ4n) is 2.85. The van der Waals surface area contributed by atoms with Crippen molar-refractivity contribution in [3.05, 3.63) is 18.3 Å². The standard InChI is InChI=1S/C17H30N4O2/c1-17(2,3)23-13-15(22)12-21-10-7-14(8-11-21)20(4)16-6-5-9-18-19-16/h5-6,9,14-15,22H,7-8,10-13H2,1-4H3. The van der Waals surface area contributed by atoms with Gasteiger partial charge in [0, 0.05) is 38.9 Å². The van der Waals surface area contributed by atoms with Gasteiger partial charge in [0.2, 0.25) is 0 Å². The van der Waals surface area contributed by atoms with Gasteiger partial charge in [-0.3, -0.25) is 0 Å². The van der Waals surface area contributed by atoms with Crippen LogP contribution in [-0.4, -0.2) is 71.2 Å². The summed E-state index contributed by atoms with van der Waals surface area (Å²) in [5.41, 5.74) is -0.201. The molecule has 0 bridgehead atoms. The normalized spacial score (nSPS) is 18.8. The SMILES string of the molecule is CN(c1cccnn1)C1CCN(CC(O)COC(C)(C)C)CC1. The second kappa shape index (κ2) is 8.04. The van der Waals surface area contributed by atoms with Crippen molar-refractivity contribution in [2.45, 2.75) is 51.4 Å². The highest BCUT2D eigenvalue weighted by Gasteiger charge is 2.25. The summed E-state index contributed by atoms with van der Waals surface area (Å²) in [6.07, 6.45) is 3.41. The molecule has 23 heavy (non-hydrogen) atoms. The van der Waals surface area contributed by atoms with Crippen molar-refractivity contribution >= 4 is 5.82 Å². The zero-order valence-electron chi connectivity index (χ0n) is 14.8. The smallest absolute Gasteiger partial charge is 0.151 e. The predicted octanol–water partition coefficient (Wildman–Crippen LogP) is 1.55. The monoisotopic (exact) mass is 322 g/mol. The van der Waals surface area contributed by atoms with E-state index in [1.807, 2.05) is 32.9 Å². The molecule has 0 aliphatic carbocycles. The number of hydrogen-bond donors (Lipinski definition) is 1. The second-order valence-electron chi connectivity index (χ2n) is 7.30. The van der Waals surface area contributed by atoms with Crippen molar-refractivity contribution in [2.75, 3.05) is 38.2 Å². The maximum Gasteiger partial charge on any atom is 0.151 e. The van der Waals surface area contributed by atoms with Crippen molar-refractivity contribution in [3.63, 3.8) is 0 Å². The highest BCUT2D eigenvalue weighted by molar-refractivity contribution is 5.36. The molecule has 130 valence electrons. The van der Waals surface area contributed by atoms with E-state index in [1.165, 1.54) is 0 Å². The maximum absolute atomic E-state index is 10.1. The van der Waals surface area contributed by atoms with Crippen LogP contribution in [0.15, 0.2) is 18.3 Å². The van der Waals surface area contributed by atoms with Gasteiger partial charge in [-0.05, 0) is 45.7 Å². The lowest BCUT2D eigenvalue weighted by Crippen LogP contribution is -2.46. The molecule has 0 spiro atoms. The quantitative estimate of drug-likeness (QED) is 0.857. The largest absolute Gasteiger partial charge is 0.389 e. The van der Waals surface area contributed by atoms with Crippen LogP contribution in [0.25, 0.3) is 0 Å². The molecule has 0 saturated carbocycles. The molecule has 1 unspecified atom stereocenters. The number of hydrogen-bond acceptors (Lipinski definition) is 6. The summed E-state index contributed by atoms with van der Waals surface area (Å²) in [4.78, 5) is 4.53. The third-order valence-corrected chi connectivity index (χ3v) is 4.20.